The average Bonchev–Trinajstić information content (AvgIpc) is 3.48. The van der Waals surface area contributed by atoms with Crippen molar-refractivity contribution in [3.63, 3.8) is 0 Å². The number of aromatic hydroxyl groups is 1. The third kappa shape index (κ3) is 29.6. The third-order valence-electron chi connectivity index (χ3n) is 9.82. The normalized spacial score (nSPS) is 10.6. The first kappa shape index (κ1) is 77.8. The zero-order valence-electron chi connectivity index (χ0n) is 49.4. The van der Waals surface area contributed by atoms with Crippen LogP contribution >= 0.6 is 15.9 Å². The van der Waals surface area contributed by atoms with Gasteiger partial charge in [0.1, 0.15) is 33.0 Å². The molecule has 4 rings (SSSR count). The minimum Gasteiger partial charge on any atom is -0.508 e. The van der Waals surface area contributed by atoms with Gasteiger partial charge < -0.3 is 74.6 Å². The van der Waals surface area contributed by atoms with Gasteiger partial charge in [-0.2, -0.15) is 8.78 Å². The Morgan fingerprint density at radius 3 is 1.18 bits per heavy atom. The summed E-state index contributed by atoms with van der Waals surface area (Å²) in [5.41, 5.74) is 7.57. The topological polar surface area (TPSA) is 386 Å². The number of alkyl halides is 1. The summed E-state index contributed by atoms with van der Waals surface area (Å²) in [7, 11) is 9.95. The minimum atomic E-state index is -1.31. The summed E-state index contributed by atoms with van der Waals surface area (Å²) in [6.45, 7) is 16.0. The number of hydrogen-bond donors (Lipinski definition) is 5. The van der Waals surface area contributed by atoms with Crippen LogP contribution in [0.5, 0.6) is 23.0 Å². The molecule has 0 aliphatic carbocycles. The fraction of sp³-hybridized carbons (Fsp3) is 0.472. The molecule has 0 unspecified atom stereocenters. The Bertz CT molecular complexity index is 2760. The number of benzene rings is 4. The van der Waals surface area contributed by atoms with Crippen molar-refractivity contribution in [2.24, 2.45) is 5.73 Å². The van der Waals surface area contributed by atoms with Gasteiger partial charge in [0.15, 0.2) is 16.8 Å². The van der Waals surface area contributed by atoms with Gasteiger partial charge in [-0.05, 0) is 85.7 Å². The molecule has 4 aromatic carbocycles. The highest BCUT2D eigenvalue weighted by Gasteiger charge is 2.34. The van der Waals surface area contributed by atoms with E-state index in [0.29, 0.717) is 68.4 Å². The number of nitrogens with one attached hydrogen (secondary N) is 2. The highest BCUT2D eigenvalue weighted by Crippen LogP contribution is 2.32. The first-order chi connectivity index (χ1) is 39.0. The molecule has 28 nitrogen and oxygen atoms in total. The number of esters is 4. The summed E-state index contributed by atoms with van der Waals surface area (Å²) in [4.78, 5) is 74.4. The Morgan fingerprint density at radius 1 is 0.536 bits per heavy atom. The van der Waals surface area contributed by atoms with Crippen LogP contribution < -0.4 is 36.3 Å². The molecule has 0 fully saturated rings. The van der Waals surface area contributed by atoms with E-state index >= 15 is 0 Å². The number of nitro groups is 3. The molecule has 0 heterocycles. The largest absolute Gasteiger partial charge is 0.508 e. The van der Waals surface area contributed by atoms with Crippen LogP contribution in [0.4, 0.5) is 42.9 Å². The Balaban J connectivity index is -0.000000996. The maximum absolute atomic E-state index is 13.3. The van der Waals surface area contributed by atoms with E-state index in [1.54, 1.807) is 74.0 Å². The molecule has 0 aromatic heterocycles. The lowest BCUT2D eigenvalue weighted by Gasteiger charge is -2.24. The summed E-state index contributed by atoms with van der Waals surface area (Å²) >= 11 is 3.13. The van der Waals surface area contributed by atoms with E-state index in [0.717, 1.165) is 30.0 Å². The van der Waals surface area contributed by atoms with Crippen LogP contribution in [0.15, 0.2) is 72.8 Å². The van der Waals surface area contributed by atoms with Gasteiger partial charge in [0, 0.05) is 84.9 Å². The second-order valence-electron chi connectivity index (χ2n) is 18.3. The molecule has 31 heteroatoms. The number of rotatable bonds is 23. The summed E-state index contributed by atoms with van der Waals surface area (Å²) in [5, 5.41) is 46.2. The molecule has 0 bridgehead atoms. The van der Waals surface area contributed by atoms with E-state index in [1.807, 2.05) is 0 Å². The predicted octanol–water partition coefficient (Wildman–Crippen LogP) is 8.32. The van der Waals surface area contributed by atoms with Gasteiger partial charge in [-0.1, -0.05) is 15.9 Å². The van der Waals surface area contributed by atoms with Crippen molar-refractivity contribution in [1.29, 1.82) is 0 Å². The molecule has 84 heavy (non-hydrogen) atoms. The lowest BCUT2D eigenvalue weighted by molar-refractivity contribution is -0.387. The molecule has 0 spiro atoms. The second-order valence-corrected chi connectivity index (χ2v) is 20.3. The Kier molecular flexibility index (Phi) is 35.7. The van der Waals surface area contributed by atoms with Crippen molar-refractivity contribution in [2.45, 2.75) is 76.5 Å². The fourth-order valence-corrected chi connectivity index (χ4v) is 5.82. The third-order valence-corrected chi connectivity index (χ3v) is 10.1. The fourth-order valence-electron chi connectivity index (χ4n) is 5.66. The highest BCUT2D eigenvalue weighted by atomic mass is 79.9. The van der Waals surface area contributed by atoms with Crippen LogP contribution in [0, 0.1) is 42.0 Å². The smallest absolute Gasteiger partial charge is 0.349 e. The number of phenols is 1. The Hall–Kier alpha value is -8.26. The van der Waals surface area contributed by atoms with Gasteiger partial charge in [-0.3, -0.25) is 35.1 Å². The molecular formula is C53H78BrF2N7O21. The Labute approximate surface area is 494 Å². The van der Waals surface area contributed by atoms with E-state index in [9.17, 15) is 58.3 Å². The molecule has 4 aromatic rings. The molecule has 0 saturated heterocycles. The standard InChI is InChI=1S/C14H20N2O6.C14H22N2O4.C11H12FNO5.C6H4FNO3.C5H9BrO2.C3H9NO.H2/c1-14(2,13(17)21-4)22-10-5-6-12(16(18)19)11(9-10)15-7-8-20-3;1-14(2,13(17)19-4)20-10-5-6-11(15)12(9-10)16-7-8-18-3;1-11(2,10(14)17-3)18-7-4-5-9(13(15)16)8(12)6-7;7-5-3-4(9)1-2-6(5)8(10)11;1-5(2,6)4(7)8-3;1-5-3-2-4;/h5-6,9,15H,7-8H2,1-4H3;5-6,9,16H,7-8,15H2,1-4H3;4-6H,1-3H3;1-3,9H;1-3H3;2-4H2,1H3;1H. The van der Waals surface area contributed by atoms with E-state index in [-0.39, 0.29) is 24.6 Å². The van der Waals surface area contributed by atoms with Gasteiger partial charge in [0.05, 0.1) is 74.4 Å². The van der Waals surface area contributed by atoms with Crippen LogP contribution in [0.25, 0.3) is 0 Å². The molecule has 0 aliphatic heterocycles. The SMILES string of the molecule is COC(=O)C(C)(C)Br.COC(=O)C(C)(C)Oc1ccc([N+](=O)[O-])c(F)c1.COCCN.COCCNc1cc(OC(C)(C)C(=O)OC)ccc1N.COCCNc1cc(OC(C)(C)C(=O)OC)ccc1[N+](=O)[O-].O=[N+]([O-])c1ccc(O)cc1F.[HH]. The van der Waals surface area contributed by atoms with Gasteiger partial charge in [0.25, 0.3) is 5.69 Å². The number of methoxy groups -OCH3 is 7. The number of nitro benzene ring substituents is 3. The van der Waals surface area contributed by atoms with E-state index in [1.165, 1.54) is 73.7 Å². The lowest BCUT2D eigenvalue weighted by Crippen LogP contribution is -2.39. The van der Waals surface area contributed by atoms with Crippen LogP contribution in [-0.2, 0) is 52.3 Å². The van der Waals surface area contributed by atoms with Crippen LogP contribution in [0.3, 0.4) is 0 Å². The highest BCUT2D eigenvalue weighted by molar-refractivity contribution is 9.10. The number of carbonyl (C=O) groups excluding carboxylic acids is 4. The van der Waals surface area contributed by atoms with Crippen molar-refractivity contribution >= 4 is 73.9 Å². The van der Waals surface area contributed by atoms with Crippen molar-refractivity contribution in [3.8, 4) is 23.0 Å². The number of halogens is 3. The zero-order chi connectivity index (χ0) is 65.2. The van der Waals surface area contributed by atoms with Crippen LogP contribution in [-0.4, -0.2) is 154 Å². The molecule has 472 valence electrons. The van der Waals surface area contributed by atoms with Crippen molar-refractivity contribution in [2.75, 3.05) is 106 Å². The van der Waals surface area contributed by atoms with Gasteiger partial charge in [-0.25, -0.2) is 14.4 Å². The maximum atomic E-state index is 13.3. The number of nitrogens with two attached hydrogens (primary N) is 2. The summed E-state index contributed by atoms with van der Waals surface area (Å²) in [5.74, 6) is -3.40. The molecule has 0 saturated carbocycles. The lowest BCUT2D eigenvalue weighted by atomic mass is 10.1. The minimum absolute atomic E-state index is 0. The first-order valence-corrected chi connectivity index (χ1v) is 25.3. The molecule has 7 N–H and O–H groups in total. The monoisotopic (exact) mass is 1270 g/mol. The molecule has 0 radical (unpaired) electrons. The predicted molar refractivity (Wildman–Crippen MR) is 311 cm³/mol. The number of carbonyl (C=O) groups is 4. The van der Waals surface area contributed by atoms with E-state index in [2.05, 4.69) is 45.5 Å². The molecular weight excluding hydrogens is 1190 g/mol. The van der Waals surface area contributed by atoms with Crippen molar-refractivity contribution in [3.05, 3.63) is 115 Å². The molecule has 0 amide bonds. The summed E-state index contributed by atoms with van der Waals surface area (Å²) < 4.78 is 74.5. The zero-order valence-corrected chi connectivity index (χ0v) is 51.0. The van der Waals surface area contributed by atoms with Crippen molar-refractivity contribution < 1.29 is 96.6 Å². The van der Waals surface area contributed by atoms with Crippen molar-refractivity contribution in [1.82, 2.24) is 0 Å². The quantitative estimate of drug-likeness (QED) is 0.00885. The van der Waals surface area contributed by atoms with Gasteiger partial charge in [0.2, 0.25) is 11.6 Å². The van der Waals surface area contributed by atoms with Gasteiger partial charge in [-0.15, -0.1) is 0 Å². The second kappa shape index (κ2) is 38.5. The summed E-state index contributed by atoms with van der Waals surface area (Å²) in [6.07, 6.45) is 0. The number of nitrogen functional groups attached to an aromatic ring is 1. The number of phenolic OH excluding ortho intramolecular Hbond substituents is 1. The van der Waals surface area contributed by atoms with Gasteiger partial charge >= 0.3 is 35.3 Å². The molecule has 0 atom stereocenters. The average molecular weight is 1270 g/mol. The Morgan fingerprint density at radius 2 is 0.869 bits per heavy atom. The number of anilines is 3. The van der Waals surface area contributed by atoms with Crippen LogP contribution in [0.1, 0.15) is 56.8 Å². The maximum Gasteiger partial charge on any atom is 0.349 e. The number of ether oxygens (including phenoxy) is 10. The van der Waals surface area contributed by atoms with E-state index < -0.39 is 76.8 Å². The summed E-state index contributed by atoms with van der Waals surface area (Å²) in [6, 6.07) is 15.1. The van der Waals surface area contributed by atoms with E-state index in [4.69, 9.17) is 45.0 Å². The number of nitrogens with zero attached hydrogens (tertiary/aromatic N) is 3. The van der Waals surface area contributed by atoms with Crippen LogP contribution in [0.2, 0.25) is 0 Å². The first-order valence-electron chi connectivity index (χ1n) is 24.5. The molecule has 0 aliphatic rings. The number of hydrogen-bond acceptors (Lipinski definition) is 25.